The normalized spacial score (nSPS) is 9.71. The minimum absolute atomic E-state index is 0.0558. The van der Waals surface area contributed by atoms with E-state index in [1.807, 2.05) is 0 Å². The summed E-state index contributed by atoms with van der Waals surface area (Å²) < 4.78 is 28.1. The van der Waals surface area contributed by atoms with E-state index in [-0.39, 0.29) is 11.4 Å². The minimum atomic E-state index is -2.93. The highest BCUT2D eigenvalue weighted by Gasteiger charge is 2.11. The average Bonchev–Trinajstić information content (AvgIpc) is 2.11. The fourth-order valence-electron chi connectivity index (χ4n) is 1.02. The van der Waals surface area contributed by atoms with Crippen molar-refractivity contribution in [1.82, 2.24) is 0 Å². The van der Waals surface area contributed by atoms with Crippen molar-refractivity contribution in [2.75, 3.05) is 0 Å². The van der Waals surface area contributed by atoms with Gasteiger partial charge in [-0.1, -0.05) is 12.1 Å². The number of benzene rings is 1. The number of isocyanates is 1. The molecule has 1 aromatic carbocycles. The van der Waals surface area contributed by atoms with Crippen LogP contribution in [0.3, 0.4) is 0 Å². The number of rotatable bonds is 3. The summed E-state index contributed by atoms with van der Waals surface area (Å²) in [5, 5.41) is 0. The van der Waals surface area contributed by atoms with Crippen molar-refractivity contribution in [3.63, 3.8) is 0 Å². The molecule has 0 radical (unpaired) electrons. The number of hydrogen-bond acceptors (Lipinski definition) is 3. The van der Waals surface area contributed by atoms with Crippen LogP contribution in [0.2, 0.25) is 0 Å². The molecule has 0 bridgehead atoms. The maximum atomic E-state index is 12.0. The molecule has 0 atom stereocenters. The van der Waals surface area contributed by atoms with Crippen LogP contribution in [0.15, 0.2) is 23.2 Å². The van der Waals surface area contributed by atoms with Gasteiger partial charge >= 0.3 is 6.61 Å². The highest BCUT2D eigenvalue weighted by molar-refractivity contribution is 5.60. The Labute approximate surface area is 79.0 Å². The zero-order valence-corrected chi connectivity index (χ0v) is 7.33. The lowest BCUT2D eigenvalue weighted by molar-refractivity contribution is -0.0498. The van der Waals surface area contributed by atoms with Crippen LogP contribution in [0, 0.1) is 6.92 Å². The molecule has 0 aromatic heterocycles. The van der Waals surface area contributed by atoms with Crippen molar-refractivity contribution in [1.29, 1.82) is 0 Å². The predicted molar refractivity (Wildman–Crippen MR) is 45.6 cm³/mol. The first kappa shape index (κ1) is 10.3. The quantitative estimate of drug-likeness (QED) is 0.554. The van der Waals surface area contributed by atoms with Crippen LogP contribution in [-0.4, -0.2) is 12.7 Å². The van der Waals surface area contributed by atoms with Gasteiger partial charge in [0.25, 0.3) is 0 Å². The molecular weight excluding hydrogens is 192 g/mol. The summed E-state index contributed by atoms with van der Waals surface area (Å²) in [6, 6.07) is 4.57. The zero-order chi connectivity index (χ0) is 10.6. The summed E-state index contributed by atoms with van der Waals surface area (Å²) in [5.41, 5.74) is 0.544. The number of halogens is 2. The van der Waals surface area contributed by atoms with Gasteiger partial charge in [-0.3, -0.25) is 0 Å². The van der Waals surface area contributed by atoms with Crippen molar-refractivity contribution < 1.29 is 18.3 Å². The van der Waals surface area contributed by atoms with Crippen molar-refractivity contribution >= 4 is 11.8 Å². The Balaban J connectivity index is 3.14. The van der Waals surface area contributed by atoms with E-state index in [0.29, 0.717) is 5.56 Å². The van der Waals surface area contributed by atoms with Crippen LogP contribution in [0.4, 0.5) is 14.5 Å². The molecular formula is C9H7F2NO2. The van der Waals surface area contributed by atoms with E-state index >= 15 is 0 Å². The summed E-state index contributed by atoms with van der Waals surface area (Å²) in [4.78, 5) is 13.2. The molecule has 0 aliphatic carbocycles. The lowest BCUT2D eigenvalue weighted by Gasteiger charge is -2.08. The highest BCUT2D eigenvalue weighted by Crippen LogP contribution is 2.31. The van der Waals surface area contributed by atoms with Gasteiger partial charge in [0.2, 0.25) is 6.08 Å². The van der Waals surface area contributed by atoms with Gasteiger partial charge in [-0.25, -0.2) is 4.79 Å². The maximum Gasteiger partial charge on any atom is 0.387 e. The Morgan fingerprint density at radius 1 is 1.50 bits per heavy atom. The Kier molecular flexibility index (Phi) is 3.31. The van der Waals surface area contributed by atoms with E-state index in [1.54, 1.807) is 19.1 Å². The molecule has 5 heteroatoms. The minimum Gasteiger partial charge on any atom is -0.432 e. The fourth-order valence-corrected chi connectivity index (χ4v) is 1.02. The number of carbonyl (C=O) groups excluding carboxylic acids is 1. The van der Waals surface area contributed by atoms with E-state index in [0.717, 1.165) is 0 Å². The summed E-state index contributed by atoms with van der Waals surface area (Å²) >= 11 is 0. The van der Waals surface area contributed by atoms with Crippen molar-refractivity contribution in [2.45, 2.75) is 13.5 Å². The number of aryl methyl sites for hydroxylation is 1. The second kappa shape index (κ2) is 4.48. The van der Waals surface area contributed by atoms with Crippen LogP contribution < -0.4 is 4.74 Å². The number of aliphatic imine (C=N–C) groups is 1. The smallest absolute Gasteiger partial charge is 0.387 e. The van der Waals surface area contributed by atoms with E-state index in [9.17, 15) is 13.6 Å². The second-order valence-corrected chi connectivity index (χ2v) is 2.50. The molecule has 0 saturated heterocycles. The largest absolute Gasteiger partial charge is 0.432 e. The first-order chi connectivity index (χ1) is 6.65. The van der Waals surface area contributed by atoms with Gasteiger partial charge in [0.05, 0.1) is 0 Å². The number of para-hydroxylation sites is 1. The van der Waals surface area contributed by atoms with E-state index < -0.39 is 6.61 Å². The Hall–Kier alpha value is -1.74. The number of ether oxygens (including phenoxy) is 1. The topological polar surface area (TPSA) is 38.7 Å². The average molecular weight is 199 g/mol. The highest BCUT2D eigenvalue weighted by atomic mass is 19.3. The molecule has 0 fully saturated rings. The molecule has 0 saturated carbocycles. The molecule has 1 aromatic rings. The van der Waals surface area contributed by atoms with Crippen LogP contribution in [0.25, 0.3) is 0 Å². The third-order valence-electron chi connectivity index (χ3n) is 1.56. The number of alkyl halides is 2. The molecule has 0 amide bonds. The fraction of sp³-hybridized carbons (Fsp3) is 0.222. The molecule has 0 N–H and O–H groups in total. The van der Waals surface area contributed by atoms with E-state index in [4.69, 9.17) is 0 Å². The maximum absolute atomic E-state index is 12.0. The molecule has 74 valence electrons. The molecule has 0 aliphatic heterocycles. The lowest BCUT2D eigenvalue weighted by Crippen LogP contribution is -2.03. The number of nitrogens with zero attached hydrogens (tertiary/aromatic N) is 1. The molecule has 14 heavy (non-hydrogen) atoms. The lowest BCUT2D eigenvalue weighted by atomic mass is 10.2. The predicted octanol–water partition coefficient (Wildman–Crippen LogP) is 2.56. The first-order valence-electron chi connectivity index (χ1n) is 3.77. The molecule has 0 aliphatic rings. The SMILES string of the molecule is Cc1cccc(N=C=O)c1OC(F)F. The van der Waals surface area contributed by atoms with Gasteiger partial charge in [-0.05, 0) is 18.6 Å². The summed E-state index contributed by atoms with van der Waals surface area (Å²) in [6.07, 6.45) is 1.27. The third kappa shape index (κ3) is 2.37. The van der Waals surface area contributed by atoms with Gasteiger partial charge in [0.15, 0.2) is 5.75 Å². The Morgan fingerprint density at radius 3 is 2.79 bits per heavy atom. The van der Waals surface area contributed by atoms with Crippen molar-refractivity contribution in [2.24, 2.45) is 4.99 Å². The zero-order valence-electron chi connectivity index (χ0n) is 7.33. The van der Waals surface area contributed by atoms with Gasteiger partial charge in [-0.15, -0.1) is 0 Å². The molecule has 0 heterocycles. The van der Waals surface area contributed by atoms with E-state index in [2.05, 4.69) is 9.73 Å². The van der Waals surface area contributed by atoms with Crippen LogP contribution in [0.1, 0.15) is 5.56 Å². The molecule has 0 unspecified atom stereocenters. The Morgan fingerprint density at radius 2 is 2.21 bits per heavy atom. The van der Waals surface area contributed by atoms with Gasteiger partial charge in [0.1, 0.15) is 5.69 Å². The summed E-state index contributed by atoms with van der Waals surface area (Å²) in [7, 11) is 0. The summed E-state index contributed by atoms with van der Waals surface area (Å²) in [6.45, 7) is -1.35. The molecule has 3 nitrogen and oxygen atoms in total. The summed E-state index contributed by atoms with van der Waals surface area (Å²) in [5.74, 6) is -0.0918. The first-order valence-corrected chi connectivity index (χ1v) is 3.77. The Bertz CT molecular complexity index is 373. The van der Waals surface area contributed by atoms with Crippen LogP contribution in [0.5, 0.6) is 5.75 Å². The van der Waals surface area contributed by atoms with Gasteiger partial charge in [0, 0.05) is 0 Å². The van der Waals surface area contributed by atoms with E-state index in [1.165, 1.54) is 12.1 Å². The van der Waals surface area contributed by atoms with Crippen LogP contribution >= 0.6 is 0 Å². The standard InChI is InChI=1S/C9H7F2NO2/c1-6-3-2-4-7(12-5-13)8(6)14-9(10)11/h2-4,9H,1H3. The second-order valence-electron chi connectivity index (χ2n) is 2.50. The third-order valence-corrected chi connectivity index (χ3v) is 1.56. The van der Waals surface area contributed by atoms with Gasteiger partial charge < -0.3 is 4.74 Å². The van der Waals surface area contributed by atoms with Gasteiger partial charge in [-0.2, -0.15) is 13.8 Å². The monoisotopic (exact) mass is 199 g/mol. The number of hydrogen-bond donors (Lipinski definition) is 0. The molecule has 1 rings (SSSR count). The van der Waals surface area contributed by atoms with Crippen molar-refractivity contribution in [3.05, 3.63) is 23.8 Å². The van der Waals surface area contributed by atoms with Crippen molar-refractivity contribution in [3.8, 4) is 5.75 Å². The van der Waals surface area contributed by atoms with Crippen LogP contribution in [-0.2, 0) is 4.79 Å². The molecule has 0 spiro atoms.